The Hall–Kier alpha value is -5.61. The van der Waals surface area contributed by atoms with E-state index in [1.165, 1.54) is 0 Å². The maximum Gasteiger partial charge on any atom is 0.377 e. The van der Waals surface area contributed by atoms with Gasteiger partial charge in [-0.25, -0.2) is 28.8 Å². The fourth-order valence-electron chi connectivity index (χ4n) is 11.8. The Kier molecular flexibility index (Phi) is 27.2. The Morgan fingerprint density at radius 1 is 0.348 bits per heavy atom. The minimum absolute atomic E-state index is 0.0133. The van der Waals surface area contributed by atoms with E-state index in [1.807, 2.05) is 0 Å². The van der Waals surface area contributed by atoms with Crippen molar-refractivity contribution in [1.82, 2.24) is 0 Å². The van der Waals surface area contributed by atoms with Crippen molar-refractivity contribution < 1.29 is 138 Å². The van der Waals surface area contributed by atoms with Crippen LogP contribution in [-0.2, 0) is 85.8 Å². The maximum absolute atomic E-state index is 14.4. The normalized spacial score (nSPS) is 23.3. The first-order chi connectivity index (χ1) is 42.3. The van der Waals surface area contributed by atoms with Crippen LogP contribution in [0.1, 0.15) is 197 Å². The van der Waals surface area contributed by atoms with Gasteiger partial charge in [-0.15, -0.1) is 0 Å². The van der Waals surface area contributed by atoms with Gasteiger partial charge in [0.25, 0.3) is 0 Å². The summed E-state index contributed by atoms with van der Waals surface area (Å²) in [6, 6.07) is 0. The highest BCUT2D eigenvalue weighted by molar-refractivity contribution is 5.84. The summed E-state index contributed by atoms with van der Waals surface area (Å²) < 4.78 is 210. The molecule has 30 heteroatoms. The summed E-state index contributed by atoms with van der Waals surface area (Å²) in [6.07, 6.45) is 3.38. The van der Waals surface area contributed by atoms with E-state index in [2.05, 4.69) is 18.9 Å². The number of esters is 9. The summed E-state index contributed by atoms with van der Waals surface area (Å²) in [5.74, 6) is -40.9. The third-order valence-electron chi connectivity index (χ3n) is 18.1. The van der Waals surface area contributed by atoms with E-state index in [9.17, 15) is 95.8 Å². The van der Waals surface area contributed by atoms with Crippen LogP contribution in [-0.4, -0.2) is 147 Å². The molecule has 7 rings (SSSR count). The standard InChI is InChI=1S/C23H32F4O6.C20H28F4O6.C19H28F4O6/c1-4-20(2,3)17(28)31-5-6-32-18(29)22(24,25)13-23(26,27)19(30)33-21-10-14-7-15(11-21)9-16(8-14)12-21;1-4-18(2,3)15(25)28-7-8-29-16(26)19(21,22)11-20(23,24)17(27)30-14-10-12-5-6-13(14)9-12;1-4-17(2,3)14(24)27-10-11-28-15(25)18(20,21)12-19(22,23)16(26)29-13-8-6-5-7-9-13/h14-16H,4-13H2,1-3H3;12-14H,4-11H2,1-3H3;13H,4-12H2,1-3H3. The molecule has 528 valence electrons. The Bertz CT molecular complexity index is 2530. The number of hydrogen-bond donors (Lipinski definition) is 0. The molecule has 0 amide bonds. The number of halogens is 12. The highest BCUT2D eigenvalue weighted by Gasteiger charge is 2.61. The lowest BCUT2D eigenvalue weighted by atomic mass is 9.54. The van der Waals surface area contributed by atoms with Crippen molar-refractivity contribution in [3.8, 4) is 0 Å². The van der Waals surface area contributed by atoms with E-state index in [0.717, 1.165) is 44.9 Å². The van der Waals surface area contributed by atoms with E-state index in [1.54, 1.807) is 62.3 Å². The van der Waals surface area contributed by atoms with Gasteiger partial charge >= 0.3 is 89.3 Å². The van der Waals surface area contributed by atoms with Gasteiger partial charge in [0.15, 0.2) is 0 Å². The van der Waals surface area contributed by atoms with Crippen LogP contribution in [0.2, 0.25) is 0 Å². The Labute approximate surface area is 526 Å². The van der Waals surface area contributed by atoms with Gasteiger partial charge in [-0.2, -0.15) is 52.7 Å². The fourth-order valence-corrected chi connectivity index (χ4v) is 11.8. The number of hydrogen-bond acceptors (Lipinski definition) is 18. The number of ether oxygens (including phenoxy) is 9. The van der Waals surface area contributed by atoms with Gasteiger partial charge in [-0.3, -0.25) is 14.4 Å². The third kappa shape index (κ3) is 22.5. The van der Waals surface area contributed by atoms with E-state index in [-0.39, 0.29) is 5.92 Å². The van der Waals surface area contributed by atoms with Crippen LogP contribution in [0.4, 0.5) is 52.7 Å². The van der Waals surface area contributed by atoms with Crippen LogP contribution in [0, 0.1) is 45.8 Å². The van der Waals surface area contributed by atoms with Gasteiger partial charge in [0.1, 0.15) is 57.5 Å². The van der Waals surface area contributed by atoms with Gasteiger partial charge in [0.2, 0.25) is 0 Å². The topological polar surface area (TPSA) is 237 Å². The molecule has 7 aliphatic rings. The summed E-state index contributed by atoms with van der Waals surface area (Å²) in [5.41, 5.74) is -3.40. The van der Waals surface area contributed by atoms with Crippen LogP contribution in [0.15, 0.2) is 0 Å². The van der Waals surface area contributed by atoms with E-state index in [4.69, 9.17) is 23.7 Å². The first-order valence-electron chi connectivity index (χ1n) is 31.2. The van der Waals surface area contributed by atoms with Crippen molar-refractivity contribution in [3.63, 3.8) is 0 Å². The molecule has 0 aromatic carbocycles. The lowest BCUT2D eigenvalue weighted by Crippen LogP contribution is -2.55. The van der Waals surface area contributed by atoms with E-state index < -0.39 is 182 Å². The average Bonchev–Trinajstić information content (AvgIpc) is 0.974. The van der Waals surface area contributed by atoms with Crippen molar-refractivity contribution in [1.29, 1.82) is 0 Å². The maximum atomic E-state index is 14.4. The molecule has 3 atom stereocenters. The molecule has 0 N–H and O–H groups in total. The highest BCUT2D eigenvalue weighted by atomic mass is 19.3. The van der Waals surface area contributed by atoms with Crippen molar-refractivity contribution >= 4 is 53.7 Å². The molecule has 0 radical (unpaired) electrons. The second-order valence-electron chi connectivity index (χ2n) is 27.1. The van der Waals surface area contributed by atoms with Gasteiger partial charge in [0.05, 0.1) is 35.5 Å². The zero-order valence-electron chi connectivity index (χ0n) is 53.5. The lowest BCUT2D eigenvalue weighted by molar-refractivity contribution is -0.220. The van der Waals surface area contributed by atoms with Crippen molar-refractivity contribution in [2.24, 2.45) is 45.8 Å². The van der Waals surface area contributed by atoms with Gasteiger partial charge in [-0.05, 0) is 180 Å². The molecule has 0 aromatic heterocycles. The van der Waals surface area contributed by atoms with Crippen LogP contribution >= 0.6 is 0 Å². The van der Waals surface area contributed by atoms with Crippen molar-refractivity contribution in [2.45, 2.75) is 250 Å². The molecule has 7 saturated carbocycles. The molecule has 18 nitrogen and oxygen atoms in total. The molecule has 7 fully saturated rings. The molecule has 0 spiro atoms. The van der Waals surface area contributed by atoms with E-state index >= 15 is 0 Å². The van der Waals surface area contributed by atoms with Crippen LogP contribution < -0.4 is 0 Å². The summed E-state index contributed by atoms with van der Waals surface area (Å²) in [7, 11) is 0. The monoisotopic (exact) mass is 1350 g/mol. The zero-order chi connectivity index (χ0) is 69.7. The number of rotatable bonds is 30. The molecule has 0 saturated heterocycles. The summed E-state index contributed by atoms with van der Waals surface area (Å²) in [5, 5.41) is 0. The van der Waals surface area contributed by atoms with Crippen molar-refractivity contribution in [3.05, 3.63) is 0 Å². The average molecular weight is 1350 g/mol. The minimum atomic E-state index is -4.61. The quantitative estimate of drug-likeness (QED) is 0.0281. The van der Waals surface area contributed by atoms with Gasteiger partial charge in [-0.1, -0.05) is 27.2 Å². The number of carbonyl (C=O) groups excluding carboxylic acids is 9. The smallest absolute Gasteiger partial charge is 0.377 e. The predicted octanol–water partition coefficient (Wildman–Crippen LogP) is 12.6. The minimum Gasteiger partial charge on any atom is -0.462 e. The molecule has 0 heterocycles. The first kappa shape index (κ1) is 78.8. The zero-order valence-corrected chi connectivity index (χ0v) is 53.5. The van der Waals surface area contributed by atoms with E-state index in [0.29, 0.717) is 94.3 Å². The molecular weight excluding hydrogens is 1260 g/mol. The van der Waals surface area contributed by atoms with Crippen LogP contribution in [0.5, 0.6) is 0 Å². The lowest BCUT2D eigenvalue weighted by Gasteiger charge is -2.55. The molecular formula is C62H88F12O18. The molecule has 7 aliphatic carbocycles. The summed E-state index contributed by atoms with van der Waals surface area (Å²) in [4.78, 5) is 105. The third-order valence-corrected chi connectivity index (χ3v) is 18.1. The Morgan fingerprint density at radius 3 is 0.957 bits per heavy atom. The first-order valence-corrected chi connectivity index (χ1v) is 31.2. The van der Waals surface area contributed by atoms with Crippen LogP contribution in [0.25, 0.3) is 0 Å². The molecule has 6 bridgehead atoms. The summed E-state index contributed by atoms with van der Waals surface area (Å²) in [6.45, 7) is 11.3. The SMILES string of the molecule is CCC(C)(C)C(=O)OCCOC(=O)C(F)(F)CC(F)(F)C(=O)OC12CC3CC(CC(C3)C1)C2.CCC(C)(C)C(=O)OCCOC(=O)C(F)(F)CC(F)(F)C(=O)OC1CC2CCC1C2.CCC(C)(C)C(=O)OCCOC(=O)C(F)(F)CC(F)(F)C(=O)OC1CCCCC1. The molecule has 0 aromatic rings. The molecule has 92 heavy (non-hydrogen) atoms. The number of carbonyl (C=O) groups is 9. The Morgan fingerprint density at radius 2 is 0.652 bits per heavy atom. The second-order valence-corrected chi connectivity index (χ2v) is 27.1. The van der Waals surface area contributed by atoms with Gasteiger partial charge in [0, 0.05) is 0 Å². The largest absolute Gasteiger partial charge is 0.462 e. The van der Waals surface area contributed by atoms with Crippen molar-refractivity contribution in [2.75, 3.05) is 39.6 Å². The number of alkyl halides is 12. The number of fused-ring (bicyclic) bond motifs is 2. The Balaban J connectivity index is 0.000000295. The molecule has 0 aliphatic heterocycles. The predicted molar refractivity (Wildman–Crippen MR) is 297 cm³/mol. The second kappa shape index (κ2) is 31.8. The summed E-state index contributed by atoms with van der Waals surface area (Å²) >= 11 is 0. The van der Waals surface area contributed by atoms with Crippen LogP contribution in [0.3, 0.4) is 0 Å². The fraction of sp³-hybridized carbons (Fsp3) is 0.855. The molecule has 3 unspecified atom stereocenters. The van der Waals surface area contributed by atoms with Gasteiger partial charge < -0.3 is 42.6 Å². The highest BCUT2D eigenvalue weighted by Crippen LogP contribution is 2.58.